The summed E-state index contributed by atoms with van der Waals surface area (Å²) in [6, 6.07) is 22.0. The Bertz CT molecular complexity index is 2010. The van der Waals surface area contributed by atoms with Crippen LogP contribution in [0.2, 0.25) is 0 Å². The molecule has 0 radical (unpaired) electrons. The average Bonchev–Trinajstić information content (AvgIpc) is 3.83. The van der Waals surface area contributed by atoms with Crippen LogP contribution in [0.3, 0.4) is 0 Å². The minimum atomic E-state index is -0.380. The van der Waals surface area contributed by atoms with Crippen LogP contribution in [-0.4, -0.2) is 62.3 Å². The number of fused-ring (bicyclic) bond motifs is 2. The summed E-state index contributed by atoms with van der Waals surface area (Å²) >= 11 is 0. The third-order valence-electron chi connectivity index (χ3n) is 9.63. The predicted octanol–water partition coefficient (Wildman–Crippen LogP) is 5.72. The highest BCUT2D eigenvalue weighted by atomic mass is 16.5. The maximum absolute atomic E-state index is 12.9. The van der Waals surface area contributed by atoms with Crippen molar-refractivity contribution in [3.05, 3.63) is 107 Å². The summed E-state index contributed by atoms with van der Waals surface area (Å²) in [5, 5.41) is 12.1. The van der Waals surface area contributed by atoms with E-state index in [-0.39, 0.29) is 18.0 Å². The molecule has 4 heterocycles. The molecule has 47 heavy (non-hydrogen) atoms. The number of hydrogen-bond donors (Lipinski definition) is 3. The number of rotatable bonds is 12. The second kappa shape index (κ2) is 13.3. The lowest BCUT2D eigenvalue weighted by Crippen LogP contribution is -2.50. The largest absolute Gasteiger partial charge is 0.497 e. The van der Waals surface area contributed by atoms with E-state index in [4.69, 9.17) is 25.4 Å². The highest BCUT2D eigenvalue weighted by Gasteiger charge is 2.37. The van der Waals surface area contributed by atoms with Crippen LogP contribution < -0.4 is 15.2 Å². The number of H-pyrrole nitrogens is 2. The van der Waals surface area contributed by atoms with Gasteiger partial charge in [-0.3, -0.25) is 9.69 Å². The van der Waals surface area contributed by atoms with Crippen molar-refractivity contribution in [2.75, 3.05) is 20.8 Å². The van der Waals surface area contributed by atoms with Gasteiger partial charge < -0.3 is 29.7 Å². The zero-order chi connectivity index (χ0) is 32.3. The van der Waals surface area contributed by atoms with Crippen molar-refractivity contribution < 1.29 is 14.3 Å². The molecule has 4 N–H and O–H groups in total. The number of methoxy groups -OCH3 is 2. The van der Waals surface area contributed by atoms with Crippen molar-refractivity contribution in [3.63, 3.8) is 0 Å². The molecule has 7 rings (SSSR count). The fourth-order valence-electron chi connectivity index (χ4n) is 7.19. The molecule has 0 spiro atoms. The Balaban J connectivity index is 1.33. The molecule has 0 bridgehead atoms. The highest BCUT2D eigenvalue weighted by Crippen LogP contribution is 2.35. The average molecular weight is 632 g/mol. The van der Waals surface area contributed by atoms with Gasteiger partial charge in [0.05, 0.1) is 32.8 Å². The molecule has 3 aromatic carbocycles. The van der Waals surface area contributed by atoms with Crippen molar-refractivity contribution in [1.82, 2.24) is 29.6 Å². The molecular weight excluding hydrogens is 590 g/mol. The van der Waals surface area contributed by atoms with Crippen LogP contribution in [0.25, 0.3) is 21.8 Å². The first-order valence-electron chi connectivity index (χ1n) is 16.3. The summed E-state index contributed by atoms with van der Waals surface area (Å²) in [4.78, 5) is 22.0. The van der Waals surface area contributed by atoms with Gasteiger partial charge in [-0.15, -0.1) is 10.2 Å². The Morgan fingerprint density at radius 3 is 2.34 bits per heavy atom. The number of amides is 1. The summed E-state index contributed by atoms with van der Waals surface area (Å²) in [6.07, 6.45) is 8.98. The molecule has 0 aliphatic carbocycles. The van der Waals surface area contributed by atoms with Gasteiger partial charge in [0, 0.05) is 52.3 Å². The van der Waals surface area contributed by atoms with E-state index in [1.807, 2.05) is 30.3 Å². The fourth-order valence-corrected chi connectivity index (χ4v) is 7.19. The van der Waals surface area contributed by atoms with Crippen molar-refractivity contribution in [2.24, 2.45) is 5.73 Å². The Labute approximate surface area is 273 Å². The first kappa shape index (κ1) is 30.6. The van der Waals surface area contributed by atoms with Gasteiger partial charge in [0.15, 0.2) is 5.82 Å². The third-order valence-corrected chi connectivity index (χ3v) is 9.63. The summed E-state index contributed by atoms with van der Waals surface area (Å²) in [6.45, 7) is 1.25. The molecule has 0 saturated carbocycles. The zero-order valence-corrected chi connectivity index (χ0v) is 26.9. The van der Waals surface area contributed by atoms with E-state index in [1.165, 1.54) is 10.9 Å². The lowest BCUT2D eigenvalue weighted by Gasteiger charge is -2.39. The van der Waals surface area contributed by atoms with Crippen molar-refractivity contribution in [2.45, 2.75) is 57.2 Å². The number of nitrogens with zero attached hydrogens (tertiary/aromatic N) is 4. The van der Waals surface area contributed by atoms with Crippen LogP contribution in [-0.2, 0) is 30.6 Å². The lowest BCUT2D eigenvalue weighted by molar-refractivity contribution is -0.125. The van der Waals surface area contributed by atoms with E-state index in [2.05, 4.69) is 68.2 Å². The predicted molar refractivity (Wildman–Crippen MR) is 183 cm³/mol. The van der Waals surface area contributed by atoms with Crippen LogP contribution in [0.1, 0.15) is 53.6 Å². The van der Waals surface area contributed by atoms with Crippen LogP contribution in [0.4, 0.5) is 0 Å². The van der Waals surface area contributed by atoms with Gasteiger partial charge in [-0.05, 0) is 67.6 Å². The Hall–Kier alpha value is -5.09. The van der Waals surface area contributed by atoms with Crippen LogP contribution >= 0.6 is 0 Å². The number of ether oxygens (including phenoxy) is 2. The topological polar surface area (TPSA) is 127 Å². The van der Waals surface area contributed by atoms with Crippen LogP contribution in [0.15, 0.2) is 79.1 Å². The number of hydrogen-bond acceptors (Lipinski definition) is 6. The smallest absolute Gasteiger partial charge is 0.234 e. The Morgan fingerprint density at radius 1 is 0.894 bits per heavy atom. The molecule has 3 aromatic heterocycles. The quantitative estimate of drug-likeness (QED) is 0.159. The highest BCUT2D eigenvalue weighted by molar-refractivity contribution is 5.84. The summed E-state index contributed by atoms with van der Waals surface area (Å²) in [7, 11) is 3.33. The number of primary amides is 1. The van der Waals surface area contributed by atoms with E-state index in [9.17, 15) is 4.79 Å². The van der Waals surface area contributed by atoms with Gasteiger partial charge in [0.1, 0.15) is 17.3 Å². The summed E-state index contributed by atoms with van der Waals surface area (Å²) < 4.78 is 13.5. The molecule has 10 heteroatoms. The fraction of sp³-hybridized carbons (Fsp3) is 0.324. The second-order valence-electron chi connectivity index (χ2n) is 12.3. The van der Waals surface area contributed by atoms with Crippen LogP contribution in [0, 0.1) is 0 Å². The maximum Gasteiger partial charge on any atom is 0.234 e. The van der Waals surface area contributed by atoms with Gasteiger partial charge in [-0.2, -0.15) is 0 Å². The molecule has 10 nitrogen and oxygen atoms in total. The number of nitrogens with two attached hydrogens (primary N) is 1. The number of likely N-dealkylation sites (tertiary alicyclic amines) is 1. The van der Waals surface area contributed by atoms with Crippen LogP contribution in [0.5, 0.6) is 11.5 Å². The molecule has 242 valence electrons. The number of aromatic amines is 2. The molecule has 6 aromatic rings. The first-order valence-corrected chi connectivity index (χ1v) is 16.3. The number of aromatic nitrogens is 5. The van der Waals surface area contributed by atoms with Gasteiger partial charge in [0.25, 0.3) is 0 Å². The molecule has 1 aliphatic heterocycles. The van der Waals surface area contributed by atoms with E-state index < -0.39 is 0 Å². The van der Waals surface area contributed by atoms with E-state index >= 15 is 0 Å². The summed E-state index contributed by atoms with van der Waals surface area (Å²) in [5.41, 5.74) is 11.6. The molecule has 1 saturated heterocycles. The van der Waals surface area contributed by atoms with E-state index in [0.29, 0.717) is 19.4 Å². The SMILES string of the molecule is COc1ccc(Cn2c(CCc3c[nH]c4ccccc34)nnc2C(Cc2c[nH]c3ccccc23)N2CCCC[C@@H]2C(N)=O)c(OC)c1. The van der Waals surface area contributed by atoms with E-state index in [1.54, 1.807) is 14.2 Å². The zero-order valence-electron chi connectivity index (χ0n) is 26.9. The normalized spacial score (nSPS) is 16.1. The standard InChI is InChI=1S/C37H41N7O3/c1-46-27-16-14-25(34(20-27)47-2)23-44-35(17-15-24-21-39-30-11-5-3-9-28(24)30)41-42-37(44)33(43-18-8-7-13-32(43)36(38)45)19-26-22-40-31-12-6-4-10-29(26)31/h3-6,9-12,14,16,20-22,32-33,39-40H,7-8,13,15,17-19,23H2,1-2H3,(H2,38,45)/t32-,33?/m1/s1. The number of carbonyl (C=O) groups excluding carboxylic acids is 1. The van der Waals surface area contributed by atoms with Gasteiger partial charge in [-0.1, -0.05) is 42.8 Å². The number of nitrogens with one attached hydrogen (secondary N) is 2. The molecule has 2 atom stereocenters. The van der Waals surface area contributed by atoms with Gasteiger partial charge >= 0.3 is 0 Å². The maximum atomic E-state index is 12.9. The first-order chi connectivity index (χ1) is 23.0. The lowest BCUT2D eigenvalue weighted by atomic mass is 9.95. The minimum Gasteiger partial charge on any atom is -0.497 e. The number of benzene rings is 3. The van der Waals surface area contributed by atoms with Gasteiger partial charge in [0.2, 0.25) is 5.91 Å². The Morgan fingerprint density at radius 2 is 1.62 bits per heavy atom. The number of aryl methyl sites for hydroxylation is 2. The monoisotopic (exact) mass is 631 g/mol. The van der Waals surface area contributed by atoms with Crippen molar-refractivity contribution in [1.29, 1.82) is 0 Å². The number of piperidine rings is 1. The van der Waals surface area contributed by atoms with Gasteiger partial charge in [-0.25, -0.2) is 0 Å². The third kappa shape index (κ3) is 6.08. The molecular formula is C37H41N7O3. The second-order valence-corrected chi connectivity index (χ2v) is 12.3. The molecule has 1 amide bonds. The molecule has 1 aliphatic rings. The molecule has 1 fully saturated rings. The Kier molecular flexibility index (Phi) is 8.67. The minimum absolute atomic E-state index is 0.231. The summed E-state index contributed by atoms with van der Waals surface area (Å²) in [5.74, 6) is 2.85. The van der Waals surface area contributed by atoms with Crippen molar-refractivity contribution in [3.8, 4) is 11.5 Å². The van der Waals surface area contributed by atoms with E-state index in [0.717, 1.165) is 82.9 Å². The van der Waals surface area contributed by atoms with Crippen molar-refractivity contribution >= 4 is 27.7 Å². The number of para-hydroxylation sites is 2. The number of carbonyl (C=O) groups is 1. The molecule has 1 unspecified atom stereocenters.